The van der Waals surface area contributed by atoms with Crippen molar-refractivity contribution in [2.45, 2.75) is 19.1 Å². The summed E-state index contributed by atoms with van der Waals surface area (Å²) in [5.74, 6) is -0.390. The van der Waals surface area contributed by atoms with Crippen LogP contribution in [0.5, 0.6) is 0 Å². The molecule has 3 aromatic rings. The molecule has 2 heterocycles. The molecular formula is C17H14ClF3N6O2. The first kappa shape index (κ1) is 20.7. The Morgan fingerprint density at radius 3 is 2.52 bits per heavy atom. The number of aromatic nitrogens is 5. The minimum absolute atomic E-state index is 0.206. The second-order valence-electron chi connectivity index (χ2n) is 5.79. The van der Waals surface area contributed by atoms with E-state index in [1.54, 1.807) is 13.0 Å². The van der Waals surface area contributed by atoms with Gasteiger partial charge in [0, 0.05) is 23.0 Å². The molecule has 0 N–H and O–H groups in total. The van der Waals surface area contributed by atoms with Gasteiger partial charge in [0.05, 0.1) is 12.7 Å². The van der Waals surface area contributed by atoms with Crippen LogP contribution in [0, 0.1) is 0 Å². The molecule has 1 amide bonds. The van der Waals surface area contributed by atoms with Crippen LogP contribution in [0.2, 0.25) is 5.02 Å². The number of halogens is 4. The van der Waals surface area contributed by atoms with E-state index in [2.05, 4.69) is 20.1 Å². The molecule has 12 heteroatoms. The third kappa shape index (κ3) is 4.35. The summed E-state index contributed by atoms with van der Waals surface area (Å²) in [6, 6.07) is 3.35. The highest BCUT2D eigenvalue weighted by Gasteiger charge is 2.33. The summed E-state index contributed by atoms with van der Waals surface area (Å²) >= 11 is 5.78. The summed E-state index contributed by atoms with van der Waals surface area (Å²) in [5.41, 5.74) is -1.33. The third-order valence-electron chi connectivity index (χ3n) is 3.91. The highest BCUT2D eigenvalue weighted by Crippen LogP contribution is 2.33. The zero-order valence-corrected chi connectivity index (χ0v) is 15.9. The van der Waals surface area contributed by atoms with Gasteiger partial charge in [-0.1, -0.05) is 11.6 Å². The third-order valence-corrected chi connectivity index (χ3v) is 4.13. The number of benzene rings is 1. The lowest BCUT2D eigenvalue weighted by molar-refractivity contribution is -0.137. The molecule has 1 atom stereocenters. The number of nitrogens with zero attached hydrogens (tertiary/aromatic N) is 6. The standard InChI is InChI=1S/C17H14ClF3N6O2/c1-10(14-24-9-25-26(14)16-22-4-3-5-23-16)27(29-2)15(28)11-6-12(17(19,20)21)8-13(18)7-11/h3-10H,1-2H3. The Labute approximate surface area is 167 Å². The van der Waals surface area contributed by atoms with Crippen LogP contribution >= 0.6 is 11.6 Å². The van der Waals surface area contributed by atoms with Gasteiger partial charge in [0.25, 0.3) is 11.9 Å². The Bertz CT molecular complexity index is 1010. The van der Waals surface area contributed by atoms with Gasteiger partial charge < -0.3 is 0 Å². The Balaban J connectivity index is 1.96. The van der Waals surface area contributed by atoms with Crippen LogP contribution in [0.15, 0.2) is 43.0 Å². The first-order valence-corrected chi connectivity index (χ1v) is 8.53. The first-order valence-electron chi connectivity index (χ1n) is 8.15. The van der Waals surface area contributed by atoms with Crippen molar-refractivity contribution in [3.05, 3.63) is 65.0 Å². The van der Waals surface area contributed by atoms with Crippen molar-refractivity contribution in [2.24, 2.45) is 0 Å². The molecule has 0 saturated heterocycles. The lowest BCUT2D eigenvalue weighted by Crippen LogP contribution is -2.34. The van der Waals surface area contributed by atoms with Gasteiger partial charge in [-0.3, -0.25) is 9.63 Å². The van der Waals surface area contributed by atoms with Gasteiger partial charge in [-0.25, -0.2) is 20.0 Å². The highest BCUT2D eigenvalue weighted by molar-refractivity contribution is 6.31. The van der Waals surface area contributed by atoms with Crippen molar-refractivity contribution in [1.82, 2.24) is 29.8 Å². The smallest absolute Gasteiger partial charge is 0.273 e. The minimum atomic E-state index is -4.66. The maximum atomic E-state index is 13.1. The Morgan fingerprint density at radius 2 is 1.90 bits per heavy atom. The van der Waals surface area contributed by atoms with E-state index in [0.29, 0.717) is 6.07 Å². The summed E-state index contributed by atoms with van der Waals surface area (Å²) < 4.78 is 40.5. The van der Waals surface area contributed by atoms with Crippen molar-refractivity contribution < 1.29 is 22.8 Å². The van der Waals surface area contributed by atoms with E-state index in [4.69, 9.17) is 16.4 Å². The molecule has 0 aliphatic heterocycles. The van der Waals surface area contributed by atoms with Crippen LogP contribution in [-0.2, 0) is 11.0 Å². The second-order valence-corrected chi connectivity index (χ2v) is 6.23. The maximum Gasteiger partial charge on any atom is 0.416 e. The first-order chi connectivity index (χ1) is 13.7. The van der Waals surface area contributed by atoms with E-state index in [1.807, 2.05) is 0 Å². The van der Waals surface area contributed by atoms with Crippen LogP contribution in [0.4, 0.5) is 13.2 Å². The highest BCUT2D eigenvalue weighted by atomic mass is 35.5. The molecule has 0 saturated carbocycles. The molecule has 152 valence electrons. The van der Waals surface area contributed by atoms with Crippen LogP contribution in [0.25, 0.3) is 5.95 Å². The number of carbonyl (C=O) groups is 1. The van der Waals surface area contributed by atoms with Gasteiger partial charge in [-0.05, 0) is 31.2 Å². The average molecular weight is 427 g/mol. The number of hydrogen-bond acceptors (Lipinski definition) is 6. The number of hydrogen-bond donors (Lipinski definition) is 0. The topological polar surface area (TPSA) is 86.0 Å². The van der Waals surface area contributed by atoms with Crippen LogP contribution in [-0.4, -0.2) is 42.8 Å². The van der Waals surface area contributed by atoms with Crippen molar-refractivity contribution in [3.8, 4) is 5.95 Å². The SMILES string of the molecule is CON(C(=O)c1cc(Cl)cc(C(F)(F)F)c1)C(C)c1ncnn1-c1ncccn1. The fourth-order valence-corrected chi connectivity index (χ4v) is 2.85. The Hall–Kier alpha value is -3.05. The van der Waals surface area contributed by atoms with Gasteiger partial charge in [-0.2, -0.15) is 23.0 Å². The number of alkyl halides is 3. The van der Waals surface area contributed by atoms with Crippen molar-refractivity contribution >= 4 is 17.5 Å². The molecule has 0 aliphatic rings. The summed E-state index contributed by atoms with van der Waals surface area (Å²) in [5, 5.41) is 4.68. The Morgan fingerprint density at radius 1 is 1.21 bits per heavy atom. The number of hydroxylamine groups is 2. The van der Waals surface area contributed by atoms with Gasteiger partial charge in [0.2, 0.25) is 0 Å². The minimum Gasteiger partial charge on any atom is -0.273 e. The van der Waals surface area contributed by atoms with Gasteiger partial charge in [0.1, 0.15) is 12.4 Å². The lowest BCUT2D eigenvalue weighted by atomic mass is 10.1. The summed E-state index contributed by atoms with van der Waals surface area (Å²) in [6.45, 7) is 1.57. The molecule has 0 radical (unpaired) electrons. The zero-order valence-electron chi connectivity index (χ0n) is 15.1. The monoisotopic (exact) mass is 426 g/mol. The fourth-order valence-electron chi connectivity index (χ4n) is 2.62. The summed E-state index contributed by atoms with van der Waals surface area (Å²) in [4.78, 5) is 30.3. The summed E-state index contributed by atoms with van der Waals surface area (Å²) in [6.07, 6.45) is -0.416. The molecule has 1 unspecified atom stereocenters. The molecule has 0 fully saturated rings. The fraction of sp³-hybridized carbons (Fsp3) is 0.235. The zero-order chi connectivity index (χ0) is 21.2. The molecular weight excluding hydrogens is 413 g/mol. The van der Waals surface area contributed by atoms with Crippen molar-refractivity contribution in [3.63, 3.8) is 0 Å². The van der Waals surface area contributed by atoms with Crippen LogP contribution in [0.1, 0.15) is 34.7 Å². The normalized spacial score (nSPS) is 12.6. The van der Waals surface area contributed by atoms with Crippen molar-refractivity contribution in [1.29, 1.82) is 0 Å². The molecule has 2 aromatic heterocycles. The predicted molar refractivity (Wildman–Crippen MR) is 95.0 cm³/mol. The van der Waals surface area contributed by atoms with E-state index in [-0.39, 0.29) is 22.4 Å². The predicted octanol–water partition coefficient (Wildman–Crippen LogP) is 3.49. The second kappa shape index (κ2) is 8.13. The van der Waals surface area contributed by atoms with E-state index < -0.39 is 23.7 Å². The molecule has 3 rings (SSSR count). The molecule has 1 aromatic carbocycles. The molecule has 0 aliphatic carbocycles. The van der Waals surface area contributed by atoms with E-state index in [1.165, 1.54) is 30.5 Å². The Kier molecular flexibility index (Phi) is 5.80. The lowest BCUT2D eigenvalue weighted by Gasteiger charge is -2.26. The van der Waals surface area contributed by atoms with E-state index in [0.717, 1.165) is 17.2 Å². The molecule has 0 spiro atoms. The van der Waals surface area contributed by atoms with Crippen LogP contribution in [0.3, 0.4) is 0 Å². The van der Waals surface area contributed by atoms with Gasteiger partial charge in [0.15, 0.2) is 5.82 Å². The molecule has 29 heavy (non-hydrogen) atoms. The van der Waals surface area contributed by atoms with E-state index in [9.17, 15) is 18.0 Å². The van der Waals surface area contributed by atoms with Crippen LogP contribution < -0.4 is 0 Å². The molecule has 0 bridgehead atoms. The number of amides is 1. The van der Waals surface area contributed by atoms with E-state index >= 15 is 0 Å². The average Bonchev–Trinajstić information content (AvgIpc) is 3.17. The largest absolute Gasteiger partial charge is 0.416 e. The number of carbonyl (C=O) groups excluding carboxylic acids is 1. The number of rotatable bonds is 5. The summed E-state index contributed by atoms with van der Waals surface area (Å²) in [7, 11) is 1.21. The van der Waals surface area contributed by atoms with Gasteiger partial charge in [-0.15, -0.1) is 0 Å². The van der Waals surface area contributed by atoms with Crippen molar-refractivity contribution in [2.75, 3.05) is 7.11 Å². The quantitative estimate of drug-likeness (QED) is 0.580. The van der Waals surface area contributed by atoms with Gasteiger partial charge >= 0.3 is 6.18 Å². The maximum absolute atomic E-state index is 13.1. The molecule has 8 nitrogen and oxygen atoms in total.